The van der Waals surface area contributed by atoms with Crippen molar-refractivity contribution in [1.29, 1.82) is 0 Å². The zero-order chi connectivity index (χ0) is 20.4. The van der Waals surface area contributed by atoms with Gasteiger partial charge in [0, 0.05) is 5.41 Å². The zero-order valence-electron chi connectivity index (χ0n) is 17.4. The van der Waals surface area contributed by atoms with Gasteiger partial charge in [-0.2, -0.15) is 0 Å². The first-order chi connectivity index (χ1) is 12.1. The van der Waals surface area contributed by atoms with E-state index in [1.54, 1.807) is 25.9 Å². The van der Waals surface area contributed by atoms with Crippen LogP contribution in [0.15, 0.2) is 0 Å². The average molecular weight is 376 g/mol. The molecule has 0 bridgehead atoms. The molecule has 0 aliphatic heterocycles. The highest BCUT2D eigenvalue weighted by molar-refractivity contribution is 5.79. The van der Waals surface area contributed by atoms with Crippen LogP contribution in [-0.2, 0) is 4.79 Å². The van der Waals surface area contributed by atoms with E-state index in [1.807, 2.05) is 0 Å². The summed E-state index contributed by atoms with van der Waals surface area (Å²) in [5, 5.41) is 40.9. The number of aliphatic hydroxyl groups is 3. The highest BCUT2D eigenvalue weighted by Crippen LogP contribution is 2.48. The van der Waals surface area contributed by atoms with E-state index < -0.39 is 35.7 Å². The standard InChI is InChI=1S/C20H41NO5/c1-6-8-10-12-17(24)20(13-11-9-7-2,14-16(23)15-22)19(3,18(25)26)21(4)5/h16-17,22-24H,6-15H2,1-5H3,(H,25,26)/t16?,17?,19-,20?/m1/s1. The zero-order valence-corrected chi connectivity index (χ0v) is 17.4. The van der Waals surface area contributed by atoms with Crippen molar-refractivity contribution in [1.82, 2.24) is 4.90 Å². The van der Waals surface area contributed by atoms with Gasteiger partial charge in [-0.05, 0) is 40.3 Å². The van der Waals surface area contributed by atoms with E-state index in [9.17, 15) is 25.2 Å². The fourth-order valence-corrected chi connectivity index (χ4v) is 4.06. The Labute approximate surface area is 159 Å². The lowest BCUT2D eigenvalue weighted by Gasteiger charge is -2.53. The van der Waals surface area contributed by atoms with Gasteiger partial charge >= 0.3 is 5.97 Å². The van der Waals surface area contributed by atoms with Crippen molar-refractivity contribution in [2.75, 3.05) is 20.7 Å². The number of carbonyl (C=O) groups is 1. The molecule has 4 N–H and O–H groups in total. The van der Waals surface area contributed by atoms with Crippen LogP contribution >= 0.6 is 0 Å². The minimum atomic E-state index is -1.36. The van der Waals surface area contributed by atoms with Gasteiger partial charge < -0.3 is 20.4 Å². The third-order valence-corrected chi connectivity index (χ3v) is 6.04. The molecule has 156 valence electrons. The summed E-state index contributed by atoms with van der Waals surface area (Å²) in [6.07, 6.45) is 4.60. The molecule has 0 spiro atoms. The Hall–Kier alpha value is -0.690. The molecular formula is C20H41NO5. The third-order valence-electron chi connectivity index (χ3n) is 6.04. The lowest BCUT2D eigenvalue weighted by molar-refractivity contribution is -0.175. The third kappa shape index (κ3) is 5.91. The fraction of sp³-hybridized carbons (Fsp3) is 0.950. The lowest BCUT2D eigenvalue weighted by Crippen LogP contribution is -2.66. The average Bonchev–Trinajstić information content (AvgIpc) is 2.59. The quantitative estimate of drug-likeness (QED) is 0.328. The molecule has 0 rings (SSSR count). The first-order valence-electron chi connectivity index (χ1n) is 10.0. The molecule has 0 fully saturated rings. The van der Waals surface area contributed by atoms with Crippen molar-refractivity contribution >= 4 is 5.97 Å². The summed E-state index contributed by atoms with van der Waals surface area (Å²) >= 11 is 0. The van der Waals surface area contributed by atoms with Crippen molar-refractivity contribution < 1.29 is 25.2 Å². The molecule has 6 nitrogen and oxygen atoms in total. The number of aliphatic carboxylic acids is 1. The van der Waals surface area contributed by atoms with Crippen LogP contribution in [-0.4, -0.2) is 69.7 Å². The number of aliphatic hydroxyl groups excluding tert-OH is 3. The number of unbranched alkanes of at least 4 members (excludes halogenated alkanes) is 4. The smallest absolute Gasteiger partial charge is 0.324 e. The maximum absolute atomic E-state index is 12.3. The highest BCUT2D eigenvalue weighted by atomic mass is 16.4. The number of nitrogens with zero attached hydrogens (tertiary/aromatic N) is 1. The van der Waals surface area contributed by atoms with Crippen molar-refractivity contribution in [3.63, 3.8) is 0 Å². The monoisotopic (exact) mass is 375 g/mol. The maximum atomic E-state index is 12.3. The molecule has 0 aromatic rings. The fourth-order valence-electron chi connectivity index (χ4n) is 4.06. The summed E-state index contributed by atoms with van der Waals surface area (Å²) in [5.41, 5.74) is -2.41. The predicted octanol–water partition coefficient (Wildman–Crippen LogP) is 2.64. The molecule has 0 aromatic heterocycles. The summed E-state index contributed by atoms with van der Waals surface area (Å²) < 4.78 is 0. The van der Waals surface area contributed by atoms with Crippen LogP contribution in [0.5, 0.6) is 0 Å². The van der Waals surface area contributed by atoms with Crippen molar-refractivity contribution in [2.45, 2.75) is 96.3 Å². The largest absolute Gasteiger partial charge is 0.480 e. The summed E-state index contributed by atoms with van der Waals surface area (Å²) in [5.74, 6) is -1.02. The molecule has 0 saturated heterocycles. The predicted molar refractivity (Wildman–Crippen MR) is 104 cm³/mol. The Morgan fingerprint density at radius 2 is 1.58 bits per heavy atom. The minimum Gasteiger partial charge on any atom is -0.480 e. The summed E-state index contributed by atoms with van der Waals surface area (Å²) in [7, 11) is 3.40. The van der Waals surface area contributed by atoms with E-state index in [0.29, 0.717) is 12.8 Å². The van der Waals surface area contributed by atoms with E-state index >= 15 is 0 Å². The van der Waals surface area contributed by atoms with E-state index in [-0.39, 0.29) is 6.42 Å². The van der Waals surface area contributed by atoms with E-state index in [4.69, 9.17) is 0 Å². The van der Waals surface area contributed by atoms with Crippen molar-refractivity contribution in [3.05, 3.63) is 0 Å². The maximum Gasteiger partial charge on any atom is 0.324 e. The van der Waals surface area contributed by atoms with Crippen LogP contribution in [0.1, 0.15) is 78.6 Å². The molecular weight excluding hydrogens is 334 g/mol. The molecule has 0 heterocycles. The van der Waals surface area contributed by atoms with Crippen LogP contribution in [0.2, 0.25) is 0 Å². The first-order valence-corrected chi connectivity index (χ1v) is 10.0. The first kappa shape index (κ1) is 25.3. The lowest BCUT2D eigenvalue weighted by atomic mass is 9.59. The van der Waals surface area contributed by atoms with Gasteiger partial charge in [-0.15, -0.1) is 0 Å². The van der Waals surface area contributed by atoms with E-state index in [0.717, 1.165) is 38.5 Å². The van der Waals surface area contributed by atoms with Gasteiger partial charge in [-0.1, -0.05) is 52.4 Å². The number of hydrogen-bond acceptors (Lipinski definition) is 5. The minimum absolute atomic E-state index is 0.0570. The molecule has 0 aliphatic rings. The Morgan fingerprint density at radius 3 is 2.00 bits per heavy atom. The Kier molecular flexibility index (Phi) is 11.6. The van der Waals surface area contributed by atoms with Gasteiger partial charge in [-0.3, -0.25) is 9.69 Å². The number of rotatable bonds is 15. The SMILES string of the molecule is CCCCCC(O)C(CCCCC)(CC(O)CO)[C@@](C)(C(=O)O)N(C)C. The summed E-state index contributed by atoms with van der Waals surface area (Å²) in [6.45, 7) is 5.34. The van der Waals surface area contributed by atoms with Gasteiger partial charge in [0.1, 0.15) is 5.54 Å². The van der Waals surface area contributed by atoms with Crippen molar-refractivity contribution in [2.24, 2.45) is 5.41 Å². The van der Waals surface area contributed by atoms with Crippen molar-refractivity contribution in [3.8, 4) is 0 Å². The molecule has 3 unspecified atom stereocenters. The Bertz CT molecular complexity index is 404. The van der Waals surface area contributed by atoms with Crippen LogP contribution < -0.4 is 0 Å². The van der Waals surface area contributed by atoms with Gasteiger partial charge in [0.15, 0.2) is 0 Å². The highest BCUT2D eigenvalue weighted by Gasteiger charge is 2.58. The number of carboxylic acid groups (broad SMARTS) is 1. The second kappa shape index (κ2) is 11.9. The number of likely N-dealkylation sites (N-methyl/N-ethyl adjacent to an activating group) is 1. The molecule has 0 aliphatic carbocycles. The number of carboxylic acids is 1. The topological polar surface area (TPSA) is 101 Å². The van der Waals surface area contributed by atoms with Gasteiger partial charge in [0.25, 0.3) is 0 Å². The summed E-state index contributed by atoms with van der Waals surface area (Å²) in [6, 6.07) is 0. The second-order valence-electron chi connectivity index (χ2n) is 7.94. The Balaban J connectivity index is 6.09. The van der Waals surface area contributed by atoms with E-state index in [1.165, 1.54) is 0 Å². The van der Waals surface area contributed by atoms with Crippen LogP contribution in [0.25, 0.3) is 0 Å². The normalized spacial score (nSPS) is 19.0. The van der Waals surface area contributed by atoms with Crippen LogP contribution in [0.3, 0.4) is 0 Å². The second-order valence-corrected chi connectivity index (χ2v) is 7.94. The van der Waals surface area contributed by atoms with Gasteiger partial charge in [0.05, 0.1) is 18.8 Å². The molecule has 6 heteroatoms. The molecule has 0 amide bonds. The number of hydrogen-bond donors (Lipinski definition) is 4. The van der Waals surface area contributed by atoms with Gasteiger partial charge in [0.2, 0.25) is 0 Å². The van der Waals surface area contributed by atoms with Crippen LogP contribution in [0.4, 0.5) is 0 Å². The molecule has 4 atom stereocenters. The van der Waals surface area contributed by atoms with E-state index in [2.05, 4.69) is 13.8 Å². The summed E-state index contributed by atoms with van der Waals surface area (Å²) in [4.78, 5) is 14.0. The molecule has 0 aromatic carbocycles. The van der Waals surface area contributed by atoms with Crippen LogP contribution in [0, 0.1) is 5.41 Å². The molecule has 0 saturated carbocycles. The Morgan fingerprint density at radius 1 is 1.04 bits per heavy atom. The molecule has 0 radical (unpaired) electrons. The van der Waals surface area contributed by atoms with Gasteiger partial charge in [-0.25, -0.2) is 0 Å². The molecule has 26 heavy (non-hydrogen) atoms.